The van der Waals surface area contributed by atoms with Crippen molar-refractivity contribution in [3.05, 3.63) is 0 Å². The molecule has 0 aliphatic carbocycles. The molecule has 29 heavy (non-hydrogen) atoms. The predicted octanol–water partition coefficient (Wildman–Crippen LogP) is 1.50. The van der Waals surface area contributed by atoms with Crippen molar-refractivity contribution in [3.63, 3.8) is 0 Å². The molecule has 170 valence electrons. The second kappa shape index (κ2) is 12.8. The molecule has 4 N–H and O–H groups in total. The summed E-state index contributed by atoms with van der Waals surface area (Å²) in [4.78, 5) is 43.8. The number of carbonyl (C=O) groups is 4. The van der Waals surface area contributed by atoms with Gasteiger partial charge in [-0.15, -0.1) is 0 Å². The van der Waals surface area contributed by atoms with Crippen LogP contribution in [0, 0.1) is 0 Å². The topological polar surface area (TPSA) is 125 Å². The molecule has 0 aromatic heterocycles. The van der Waals surface area contributed by atoms with E-state index >= 15 is 0 Å². The second-order valence-electron chi connectivity index (χ2n) is 5.56. The first-order chi connectivity index (χ1) is 12.7. The number of alkyl halides is 6. The van der Waals surface area contributed by atoms with Gasteiger partial charge in [-0.25, -0.2) is 4.79 Å². The number of hydrogen-bond donors (Lipinski definition) is 4. The Morgan fingerprint density at radius 3 is 1.66 bits per heavy atom. The van der Waals surface area contributed by atoms with E-state index in [9.17, 15) is 45.5 Å². The number of halogens is 6. The minimum Gasteiger partial charge on any atom is -0.480 e. The number of rotatable bonds is 11. The van der Waals surface area contributed by atoms with Gasteiger partial charge < -0.3 is 21.1 Å². The number of nitrogens with one attached hydrogen (secondary N) is 3. The third kappa shape index (κ3) is 13.3. The lowest BCUT2D eigenvalue weighted by atomic mass is 10.1. The van der Waals surface area contributed by atoms with E-state index in [0.717, 1.165) is 0 Å². The van der Waals surface area contributed by atoms with Crippen LogP contribution in [0.1, 0.15) is 39.5 Å². The van der Waals surface area contributed by atoms with Crippen LogP contribution in [0.25, 0.3) is 0 Å². The van der Waals surface area contributed by atoms with Gasteiger partial charge in [0, 0.05) is 19.5 Å². The number of aliphatic carboxylic acids is 1. The van der Waals surface area contributed by atoms with Crippen LogP contribution in [-0.4, -0.2) is 60.3 Å². The molecule has 0 aliphatic rings. The molecule has 0 heterocycles. The van der Waals surface area contributed by atoms with Gasteiger partial charge in [-0.3, -0.25) is 14.4 Å². The van der Waals surface area contributed by atoms with Crippen LogP contribution in [0.2, 0.25) is 0 Å². The van der Waals surface area contributed by atoms with Gasteiger partial charge >= 0.3 is 30.1 Å². The molecule has 0 aromatic carbocycles. The largest absolute Gasteiger partial charge is 0.480 e. The van der Waals surface area contributed by atoms with Crippen molar-refractivity contribution in [2.75, 3.05) is 13.1 Å². The molecule has 1 unspecified atom stereocenters. The zero-order valence-corrected chi connectivity index (χ0v) is 14.4. The highest BCUT2D eigenvalue weighted by atomic mass is 19.4. The van der Waals surface area contributed by atoms with E-state index in [4.69, 9.17) is 5.11 Å². The lowest BCUT2D eigenvalue weighted by molar-refractivity contribution is -0.173. The highest BCUT2D eigenvalue weighted by Gasteiger charge is 2.38. The number of unbranched alkanes of at least 4 members (excludes halogenated alkanes) is 1. The normalized spacial score (nSPS) is 12.3. The number of carboxylic acids is 1. The minimum absolute atomic E-state index is 0. The molecule has 0 saturated carbocycles. The van der Waals surface area contributed by atoms with Crippen LogP contribution in [0.4, 0.5) is 26.3 Å². The standard InChI is InChI=1S/C14H19F6N3O5.CH4/c15-13(16,17)11(27)21-6-2-1-5-9(24)23-8(10(25)26)4-3-7-22-12(28)14(18,19)20;/h8H,1-7H2,(H,21,27)(H,22,28)(H,23,24)(H,25,26);1H4. The van der Waals surface area contributed by atoms with Crippen LogP contribution >= 0.6 is 0 Å². The van der Waals surface area contributed by atoms with Gasteiger partial charge in [-0.05, 0) is 25.7 Å². The SMILES string of the molecule is C.O=C(CCCCNC(=O)C(F)(F)F)NC(CCCNC(=O)C(F)(F)F)C(=O)O. The van der Waals surface area contributed by atoms with E-state index in [-0.39, 0.29) is 46.1 Å². The Bertz CT molecular complexity index is 566. The van der Waals surface area contributed by atoms with Crippen molar-refractivity contribution in [1.29, 1.82) is 0 Å². The molecule has 1 atom stereocenters. The van der Waals surface area contributed by atoms with Crippen LogP contribution in [0.3, 0.4) is 0 Å². The Hall–Kier alpha value is -2.54. The van der Waals surface area contributed by atoms with Crippen molar-refractivity contribution in [2.45, 2.75) is 57.9 Å². The van der Waals surface area contributed by atoms with Crippen molar-refractivity contribution in [1.82, 2.24) is 16.0 Å². The number of carbonyl (C=O) groups excluding carboxylic acids is 3. The molecule has 0 fully saturated rings. The minimum atomic E-state index is -5.06. The summed E-state index contributed by atoms with van der Waals surface area (Å²) in [7, 11) is 0. The highest BCUT2D eigenvalue weighted by Crippen LogP contribution is 2.14. The van der Waals surface area contributed by atoms with Gasteiger partial charge in [0.05, 0.1) is 0 Å². The summed E-state index contributed by atoms with van der Waals surface area (Å²) in [5.41, 5.74) is 0. The highest BCUT2D eigenvalue weighted by molar-refractivity contribution is 5.83. The third-order valence-electron chi connectivity index (χ3n) is 3.22. The molecule has 0 aromatic rings. The van der Waals surface area contributed by atoms with E-state index < -0.39 is 48.6 Å². The molecule has 0 spiro atoms. The van der Waals surface area contributed by atoms with Crippen LogP contribution < -0.4 is 16.0 Å². The summed E-state index contributed by atoms with van der Waals surface area (Å²) in [5, 5.41) is 14.2. The predicted molar refractivity (Wildman–Crippen MR) is 87.5 cm³/mol. The Morgan fingerprint density at radius 2 is 1.24 bits per heavy atom. The van der Waals surface area contributed by atoms with E-state index in [1.54, 1.807) is 10.6 Å². The summed E-state index contributed by atoms with van der Waals surface area (Å²) in [6.45, 7) is -0.774. The first-order valence-electron chi connectivity index (χ1n) is 7.97. The maximum atomic E-state index is 12.0. The Morgan fingerprint density at radius 1 is 0.793 bits per heavy atom. The maximum Gasteiger partial charge on any atom is 0.471 e. The van der Waals surface area contributed by atoms with Crippen LogP contribution in [-0.2, 0) is 19.2 Å². The summed E-state index contributed by atoms with van der Waals surface area (Å²) < 4.78 is 71.7. The van der Waals surface area contributed by atoms with Gasteiger partial charge in [0.15, 0.2) is 0 Å². The first kappa shape index (κ1) is 28.7. The zero-order valence-electron chi connectivity index (χ0n) is 14.4. The summed E-state index contributed by atoms with van der Waals surface area (Å²) >= 11 is 0. The summed E-state index contributed by atoms with van der Waals surface area (Å²) in [6.07, 6.45) is -10.6. The summed E-state index contributed by atoms with van der Waals surface area (Å²) in [6, 6.07) is -1.40. The molecule has 3 amide bonds. The average molecular weight is 439 g/mol. The van der Waals surface area contributed by atoms with Crippen molar-refractivity contribution in [3.8, 4) is 0 Å². The number of carboxylic acid groups (broad SMARTS) is 1. The number of amides is 3. The molecule has 0 rings (SSSR count). The number of hydrogen-bond acceptors (Lipinski definition) is 4. The van der Waals surface area contributed by atoms with Gasteiger partial charge in [-0.2, -0.15) is 26.3 Å². The summed E-state index contributed by atoms with van der Waals surface area (Å²) in [5.74, 6) is -6.44. The fourth-order valence-electron chi connectivity index (χ4n) is 1.84. The fraction of sp³-hybridized carbons (Fsp3) is 0.733. The molecule has 8 nitrogen and oxygen atoms in total. The monoisotopic (exact) mass is 439 g/mol. The fourth-order valence-corrected chi connectivity index (χ4v) is 1.84. The smallest absolute Gasteiger partial charge is 0.471 e. The van der Waals surface area contributed by atoms with Gasteiger partial charge in [0.1, 0.15) is 6.04 Å². The zero-order chi connectivity index (χ0) is 22.0. The average Bonchev–Trinajstić information content (AvgIpc) is 2.54. The van der Waals surface area contributed by atoms with Crippen molar-refractivity contribution < 1.29 is 50.6 Å². The van der Waals surface area contributed by atoms with Crippen molar-refractivity contribution >= 4 is 23.7 Å². The van der Waals surface area contributed by atoms with Gasteiger partial charge in [0.25, 0.3) is 0 Å². The Kier molecular flexibility index (Phi) is 12.7. The molecule has 0 radical (unpaired) electrons. The molecular weight excluding hydrogens is 416 g/mol. The third-order valence-corrected chi connectivity index (χ3v) is 3.22. The first-order valence-corrected chi connectivity index (χ1v) is 7.97. The Labute approximate surface area is 162 Å². The quantitative estimate of drug-likeness (QED) is 0.287. The Balaban J connectivity index is 0. The van der Waals surface area contributed by atoms with Crippen molar-refractivity contribution in [2.24, 2.45) is 0 Å². The molecule has 0 saturated heterocycles. The molecule has 0 aliphatic heterocycles. The molecule has 0 bridgehead atoms. The maximum absolute atomic E-state index is 12.0. The van der Waals surface area contributed by atoms with E-state index in [1.165, 1.54) is 0 Å². The van der Waals surface area contributed by atoms with Gasteiger partial charge in [0.2, 0.25) is 5.91 Å². The lowest BCUT2D eigenvalue weighted by Gasteiger charge is -2.15. The lowest BCUT2D eigenvalue weighted by Crippen LogP contribution is -2.42. The molecular formula is C15H23F6N3O5. The van der Waals surface area contributed by atoms with Crippen LogP contribution in [0.5, 0.6) is 0 Å². The molecule has 14 heteroatoms. The van der Waals surface area contributed by atoms with E-state index in [0.29, 0.717) is 0 Å². The second-order valence-corrected chi connectivity index (χ2v) is 5.56. The van der Waals surface area contributed by atoms with E-state index in [2.05, 4.69) is 5.32 Å². The van der Waals surface area contributed by atoms with Crippen LogP contribution in [0.15, 0.2) is 0 Å². The van der Waals surface area contributed by atoms with Gasteiger partial charge in [-0.1, -0.05) is 7.43 Å². The van der Waals surface area contributed by atoms with E-state index in [1.807, 2.05) is 0 Å².